The summed E-state index contributed by atoms with van der Waals surface area (Å²) in [7, 11) is 4.72. The molecule has 0 saturated heterocycles. The van der Waals surface area contributed by atoms with Gasteiger partial charge in [0.1, 0.15) is 0 Å². The minimum Gasteiger partial charge on any atom is -0.494 e. The van der Waals surface area contributed by atoms with Crippen molar-refractivity contribution in [2.75, 3.05) is 21.3 Å². The number of methoxy groups -OCH3 is 3. The number of aromatic nitrogens is 1. The van der Waals surface area contributed by atoms with Crippen molar-refractivity contribution in [2.45, 2.75) is 6.54 Å². The molecule has 0 saturated carbocycles. The van der Waals surface area contributed by atoms with Crippen LogP contribution in [0.5, 0.6) is 23.1 Å². The van der Waals surface area contributed by atoms with Crippen LogP contribution < -0.4 is 14.2 Å². The van der Waals surface area contributed by atoms with Crippen molar-refractivity contribution >= 4 is 17.1 Å². The van der Waals surface area contributed by atoms with Gasteiger partial charge in [0.25, 0.3) is 0 Å². The number of hydrogen-bond acceptors (Lipinski definition) is 5. The van der Waals surface area contributed by atoms with Crippen LogP contribution in [0.2, 0.25) is 0 Å². The monoisotopic (exact) mass is 340 g/mol. The smallest absolute Gasteiger partial charge is 0.203 e. The summed E-state index contributed by atoms with van der Waals surface area (Å²) in [5, 5.41) is 11.0. The molecule has 1 aromatic heterocycles. The van der Waals surface area contributed by atoms with Crippen LogP contribution in [0.25, 0.3) is 10.9 Å². The Morgan fingerprint density at radius 1 is 1.04 bits per heavy atom. The van der Waals surface area contributed by atoms with Crippen LogP contribution in [0.1, 0.15) is 11.1 Å². The maximum Gasteiger partial charge on any atom is 0.203 e. The van der Waals surface area contributed by atoms with Gasteiger partial charge in [0.2, 0.25) is 5.75 Å². The van der Waals surface area contributed by atoms with Crippen molar-refractivity contribution in [1.29, 1.82) is 0 Å². The molecule has 0 radical (unpaired) electrons. The van der Waals surface area contributed by atoms with E-state index in [1.165, 1.54) is 0 Å². The second kappa shape index (κ2) is 7.17. The van der Waals surface area contributed by atoms with E-state index in [-0.39, 0.29) is 5.88 Å². The topological polar surface area (TPSA) is 76.1 Å². The number of benzene rings is 2. The standard InChI is InChI=1S/C19H20N2O4/c1-23-16-8-12(9-17(24-2)18(16)25-3)10-20-11-14-13-6-4-5-7-15(13)21-19(14)22/h4-9,11,21-22H,10H2,1-3H3. The lowest BCUT2D eigenvalue weighted by atomic mass is 10.1. The van der Waals surface area contributed by atoms with Crippen molar-refractivity contribution in [2.24, 2.45) is 4.99 Å². The van der Waals surface area contributed by atoms with E-state index in [1.54, 1.807) is 27.5 Å². The Hall–Kier alpha value is -3.15. The van der Waals surface area contributed by atoms with Crippen molar-refractivity contribution in [3.63, 3.8) is 0 Å². The van der Waals surface area contributed by atoms with Gasteiger partial charge in [-0.05, 0) is 23.8 Å². The first-order chi connectivity index (χ1) is 12.2. The molecule has 0 atom stereocenters. The number of hydrogen-bond donors (Lipinski definition) is 2. The average molecular weight is 340 g/mol. The third-order valence-corrected chi connectivity index (χ3v) is 3.94. The van der Waals surface area contributed by atoms with E-state index >= 15 is 0 Å². The zero-order valence-corrected chi connectivity index (χ0v) is 14.4. The molecule has 3 aromatic rings. The molecule has 6 heteroatoms. The number of nitrogens with one attached hydrogen (secondary N) is 1. The highest BCUT2D eigenvalue weighted by molar-refractivity contribution is 6.01. The molecule has 0 unspecified atom stereocenters. The highest BCUT2D eigenvalue weighted by atomic mass is 16.5. The molecule has 0 spiro atoms. The quantitative estimate of drug-likeness (QED) is 0.673. The molecule has 0 aliphatic carbocycles. The number of para-hydroxylation sites is 1. The lowest BCUT2D eigenvalue weighted by Gasteiger charge is -2.13. The van der Waals surface area contributed by atoms with Gasteiger partial charge in [-0.25, -0.2) is 0 Å². The molecule has 6 nitrogen and oxygen atoms in total. The van der Waals surface area contributed by atoms with E-state index in [1.807, 2.05) is 36.4 Å². The summed E-state index contributed by atoms with van der Waals surface area (Å²) in [6, 6.07) is 11.4. The largest absolute Gasteiger partial charge is 0.494 e. The maximum absolute atomic E-state index is 10.1. The van der Waals surface area contributed by atoms with E-state index in [0.717, 1.165) is 16.5 Å². The predicted octanol–water partition coefficient (Wildman–Crippen LogP) is 3.52. The van der Waals surface area contributed by atoms with Crippen LogP contribution in [-0.4, -0.2) is 37.6 Å². The molecule has 3 rings (SSSR count). The van der Waals surface area contributed by atoms with Crippen LogP contribution >= 0.6 is 0 Å². The molecule has 1 heterocycles. The third-order valence-electron chi connectivity index (χ3n) is 3.94. The summed E-state index contributed by atoms with van der Waals surface area (Å²) in [5.41, 5.74) is 2.45. The van der Waals surface area contributed by atoms with Gasteiger partial charge in [-0.1, -0.05) is 18.2 Å². The molecule has 0 fully saturated rings. The molecule has 0 aliphatic rings. The molecule has 0 aliphatic heterocycles. The lowest BCUT2D eigenvalue weighted by molar-refractivity contribution is 0.324. The van der Waals surface area contributed by atoms with Crippen LogP contribution in [0.4, 0.5) is 0 Å². The van der Waals surface area contributed by atoms with E-state index in [0.29, 0.717) is 29.4 Å². The summed E-state index contributed by atoms with van der Waals surface area (Å²) in [5.74, 6) is 1.82. The van der Waals surface area contributed by atoms with Crippen LogP contribution in [0.15, 0.2) is 41.4 Å². The van der Waals surface area contributed by atoms with E-state index in [4.69, 9.17) is 14.2 Å². The Morgan fingerprint density at radius 2 is 1.72 bits per heavy atom. The molecule has 0 amide bonds. The number of aliphatic imine (C=N–C) groups is 1. The second-order valence-corrected chi connectivity index (χ2v) is 5.44. The Labute approximate surface area is 145 Å². The lowest BCUT2D eigenvalue weighted by Crippen LogP contribution is -1.97. The first-order valence-electron chi connectivity index (χ1n) is 7.76. The van der Waals surface area contributed by atoms with Gasteiger partial charge in [0.05, 0.1) is 33.4 Å². The number of fused-ring (bicyclic) bond motifs is 1. The fraction of sp³-hybridized carbons (Fsp3) is 0.211. The Morgan fingerprint density at radius 3 is 2.36 bits per heavy atom. The molecule has 2 aromatic carbocycles. The fourth-order valence-corrected chi connectivity index (χ4v) is 2.75. The van der Waals surface area contributed by atoms with Crippen LogP contribution in [0.3, 0.4) is 0 Å². The summed E-state index contributed by atoms with van der Waals surface area (Å²) in [4.78, 5) is 7.38. The number of H-pyrrole nitrogens is 1. The molecule has 130 valence electrons. The van der Waals surface area contributed by atoms with Gasteiger partial charge in [0.15, 0.2) is 17.4 Å². The number of nitrogens with zero attached hydrogens (tertiary/aromatic N) is 1. The first kappa shape index (κ1) is 16.7. The highest BCUT2D eigenvalue weighted by Crippen LogP contribution is 2.38. The highest BCUT2D eigenvalue weighted by Gasteiger charge is 2.13. The summed E-state index contributed by atoms with van der Waals surface area (Å²) in [6.45, 7) is 0.412. The number of rotatable bonds is 6. The van der Waals surface area contributed by atoms with Gasteiger partial charge in [0, 0.05) is 17.1 Å². The minimum atomic E-state index is 0.106. The summed E-state index contributed by atoms with van der Waals surface area (Å²) >= 11 is 0. The second-order valence-electron chi connectivity index (χ2n) is 5.44. The average Bonchev–Trinajstić information content (AvgIpc) is 2.96. The van der Waals surface area contributed by atoms with Crippen LogP contribution in [0, 0.1) is 0 Å². The van der Waals surface area contributed by atoms with E-state index in [9.17, 15) is 5.11 Å². The number of aromatic amines is 1. The SMILES string of the molecule is COc1cc(CN=Cc2c(O)[nH]c3ccccc23)cc(OC)c1OC. The zero-order valence-electron chi connectivity index (χ0n) is 14.4. The van der Waals surface area contributed by atoms with Crippen molar-refractivity contribution in [3.05, 3.63) is 47.5 Å². The zero-order chi connectivity index (χ0) is 17.8. The van der Waals surface area contributed by atoms with Crippen molar-refractivity contribution in [3.8, 4) is 23.1 Å². The van der Waals surface area contributed by atoms with E-state index in [2.05, 4.69) is 9.98 Å². The number of aromatic hydroxyl groups is 1. The van der Waals surface area contributed by atoms with Crippen molar-refractivity contribution < 1.29 is 19.3 Å². The summed E-state index contributed by atoms with van der Waals surface area (Å²) < 4.78 is 16.0. The van der Waals surface area contributed by atoms with Gasteiger partial charge >= 0.3 is 0 Å². The van der Waals surface area contributed by atoms with Gasteiger partial charge in [-0.3, -0.25) is 4.99 Å². The normalized spacial score (nSPS) is 11.2. The van der Waals surface area contributed by atoms with Gasteiger partial charge < -0.3 is 24.3 Å². The Bertz CT molecular complexity index is 890. The molecular formula is C19H20N2O4. The minimum absolute atomic E-state index is 0.106. The van der Waals surface area contributed by atoms with Crippen molar-refractivity contribution in [1.82, 2.24) is 4.98 Å². The molecule has 25 heavy (non-hydrogen) atoms. The predicted molar refractivity (Wildman–Crippen MR) is 97.4 cm³/mol. The molecular weight excluding hydrogens is 320 g/mol. The van der Waals surface area contributed by atoms with Gasteiger partial charge in [-0.15, -0.1) is 0 Å². The van der Waals surface area contributed by atoms with E-state index < -0.39 is 0 Å². The molecule has 2 N–H and O–H groups in total. The Kier molecular flexibility index (Phi) is 4.79. The first-order valence-corrected chi connectivity index (χ1v) is 7.76. The van der Waals surface area contributed by atoms with Gasteiger partial charge in [-0.2, -0.15) is 0 Å². The summed E-state index contributed by atoms with van der Waals surface area (Å²) in [6.07, 6.45) is 1.66. The fourth-order valence-electron chi connectivity index (χ4n) is 2.75. The molecule has 0 bridgehead atoms. The van der Waals surface area contributed by atoms with Crippen LogP contribution in [-0.2, 0) is 6.54 Å². The third kappa shape index (κ3) is 3.24. The maximum atomic E-state index is 10.1. The Balaban J connectivity index is 1.88. The number of ether oxygens (including phenoxy) is 3.